The molecule has 2 heterocycles. The van der Waals surface area contributed by atoms with Crippen molar-refractivity contribution in [3.63, 3.8) is 0 Å². The molecule has 1 amide bonds. The highest BCUT2D eigenvalue weighted by Gasteiger charge is 2.44. The van der Waals surface area contributed by atoms with Gasteiger partial charge in [0.15, 0.2) is 0 Å². The Bertz CT molecular complexity index is 1330. The molecule has 186 valence electrons. The van der Waals surface area contributed by atoms with Gasteiger partial charge in [-0.2, -0.15) is 5.10 Å². The number of fused-ring (bicyclic) bond motifs is 2. The molecule has 0 bridgehead atoms. The highest BCUT2D eigenvalue weighted by atomic mass is 32.2. The first-order valence-electron chi connectivity index (χ1n) is 11.6. The number of hydrazone groups is 1. The van der Waals surface area contributed by atoms with Crippen LogP contribution < -0.4 is 21.6 Å². The summed E-state index contributed by atoms with van der Waals surface area (Å²) in [6.45, 7) is 11.7. The zero-order valence-electron chi connectivity index (χ0n) is 20.9. The quantitative estimate of drug-likeness (QED) is 0.172. The van der Waals surface area contributed by atoms with Crippen molar-refractivity contribution in [1.82, 2.24) is 10.3 Å². The molecule has 2 aromatic carbocycles. The van der Waals surface area contributed by atoms with Crippen LogP contribution in [0.2, 0.25) is 0 Å². The summed E-state index contributed by atoms with van der Waals surface area (Å²) in [7, 11) is 0. The molecule has 1 aromatic heterocycles. The molecule has 36 heavy (non-hydrogen) atoms. The van der Waals surface area contributed by atoms with Gasteiger partial charge in [-0.1, -0.05) is 80.7 Å². The summed E-state index contributed by atoms with van der Waals surface area (Å²) in [4.78, 5) is 18.3. The fourth-order valence-corrected chi connectivity index (χ4v) is 4.73. The van der Waals surface area contributed by atoms with Gasteiger partial charge in [0.05, 0.1) is 21.7 Å². The molecular weight excluding hydrogens is 470 g/mol. The maximum absolute atomic E-state index is 13.4. The van der Waals surface area contributed by atoms with Crippen molar-refractivity contribution < 1.29 is 9.53 Å². The van der Waals surface area contributed by atoms with Crippen molar-refractivity contribution >= 4 is 23.2 Å². The molecule has 7 nitrogen and oxygen atoms in total. The molecular formula is C28H31N5O2S. The first kappa shape index (κ1) is 25.5. The van der Waals surface area contributed by atoms with Gasteiger partial charge in [0.1, 0.15) is 5.75 Å². The van der Waals surface area contributed by atoms with E-state index in [-0.39, 0.29) is 11.8 Å². The van der Waals surface area contributed by atoms with Crippen LogP contribution in [-0.2, 0) is 10.3 Å². The third kappa shape index (κ3) is 5.01. The summed E-state index contributed by atoms with van der Waals surface area (Å²) in [5, 5.41) is 6.76. The SMILES string of the molecule is C=C(NC(=O)C(C)(C)[C@H]1c2ccccc2Oc2nc(-c3ccc(C(C)(C)N)cc3)ccc21)S/C=N\N. The van der Waals surface area contributed by atoms with E-state index in [2.05, 4.69) is 17.0 Å². The Kier molecular flexibility index (Phi) is 6.93. The number of amides is 1. The number of pyridine rings is 1. The number of para-hydroxylation sites is 1. The number of nitrogens with one attached hydrogen (secondary N) is 1. The fraction of sp³-hybridized carbons (Fsp3) is 0.250. The van der Waals surface area contributed by atoms with E-state index < -0.39 is 11.0 Å². The molecule has 0 saturated heterocycles. The second-order valence-corrected chi connectivity index (χ2v) is 10.9. The normalized spacial score (nSPS) is 15.1. The Morgan fingerprint density at radius 3 is 2.44 bits per heavy atom. The van der Waals surface area contributed by atoms with Crippen LogP contribution in [-0.4, -0.2) is 16.4 Å². The number of benzene rings is 2. The van der Waals surface area contributed by atoms with Gasteiger partial charge in [0.2, 0.25) is 11.8 Å². The van der Waals surface area contributed by atoms with Crippen LogP contribution in [0.25, 0.3) is 11.3 Å². The lowest BCUT2D eigenvalue weighted by Crippen LogP contribution is -2.41. The second-order valence-electron chi connectivity index (χ2n) is 9.93. The minimum atomic E-state index is -0.852. The van der Waals surface area contributed by atoms with Gasteiger partial charge in [0.25, 0.3) is 0 Å². The van der Waals surface area contributed by atoms with Crippen LogP contribution in [0.1, 0.15) is 50.3 Å². The van der Waals surface area contributed by atoms with Crippen molar-refractivity contribution in [3.05, 3.63) is 89.0 Å². The highest BCUT2D eigenvalue weighted by Crippen LogP contribution is 2.51. The first-order valence-corrected chi connectivity index (χ1v) is 12.5. The maximum Gasteiger partial charge on any atom is 0.231 e. The summed E-state index contributed by atoms with van der Waals surface area (Å²) in [6, 6.07) is 19.8. The number of carbonyl (C=O) groups is 1. The standard InChI is InChI=1S/C28H31N5O2S/c1-17(36-16-31-30)32-26(34)27(2,3)24-20-8-6-7-9-23(20)35-25-21(24)14-15-22(33-25)18-10-12-19(13-11-18)28(4,5)29/h6-16,24H,1,29-30H2,2-5H3,(H,32,34)/b31-16-/t24-/m0/s1. The largest absolute Gasteiger partial charge is 0.438 e. The molecule has 0 radical (unpaired) electrons. The molecule has 5 N–H and O–H groups in total. The van der Waals surface area contributed by atoms with E-state index in [4.69, 9.17) is 21.3 Å². The summed E-state index contributed by atoms with van der Waals surface area (Å²) in [5.41, 5.74) is 10.9. The van der Waals surface area contributed by atoms with E-state index in [1.165, 1.54) is 5.55 Å². The van der Waals surface area contributed by atoms with Gasteiger partial charge in [-0.3, -0.25) is 4.79 Å². The monoisotopic (exact) mass is 501 g/mol. The summed E-state index contributed by atoms with van der Waals surface area (Å²) in [5.74, 6) is 5.87. The van der Waals surface area contributed by atoms with Crippen LogP contribution in [0.4, 0.5) is 0 Å². The summed E-state index contributed by atoms with van der Waals surface area (Å²) in [6.07, 6.45) is 0. The van der Waals surface area contributed by atoms with Crippen LogP contribution in [0, 0.1) is 5.41 Å². The topological polar surface area (TPSA) is 116 Å². The second kappa shape index (κ2) is 9.79. The third-order valence-electron chi connectivity index (χ3n) is 6.38. The molecule has 0 spiro atoms. The zero-order valence-corrected chi connectivity index (χ0v) is 21.7. The Balaban J connectivity index is 1.72. The molecule has 4 rings (SSSR count). The minimum absolute atomic E-state index is 0.179. The van der Waals surface area contributed by atoms with Crippen LogP contribution in [0.5, 0.6) is 11.6 Å². The molecule has 0 fully saturated rings. The van der Waals surface area contributed by atoms with Crippen LogP contribution >= 0.6 is 11.8 Å². The number of carbonyl (C=O) groups excluding carboxylic acids is 1. The number of rotatable bonds is 7. The molecule has 8 heteroatoms. The van der Waals surface area contributed by atoms with Gasteiger partial charge >= 0.3 is 0 Å². The molecule has 1 aliphatic rings. The van der Waals surface area contributed by atoms with Crippen molar-refractivity contribution in [1.29, 1.82) is 0 Å². The lowest BCUT2D eigenvalue weighted by atomic mass is 9.69. The Morgan fingerprint density at radius 1 is 1.08 bits per heavy atom. The predicted octanol–water partition coefficient (Wildman–Crippen LogP) is 5.43. The van der Waals surface area contributed by atoms with Gasteiger partial charge in [-0.05, 0) is 31.5 Å². The number of hydrogen-bond acceptors (Lipinski definition) is 7. The number of nitrogens with zero attached hydrogens (tertiary/aromatic N) is 2. The molecule has 0 saturated carbocycles. The highest BCUT2D eigenvalue weighted by molar-refractivity contribution is 8.15. The van der Waals surface area contributed by atoms with Crippen molar-refractivity contribution in [3.8, 4) is 22.9 Å². The fourth-order valence-electron chi connectivity index (χ4n) is 4.39. The van der Waals surface area contributed by atoms with Gasteiger partial charge < -0.3 is 21.6 Å². The van der Waals surface area contributed by atoms with Gasteiger partial charge in [0, 0.05) is 28.1 Å². The number of hydrogen-bond donors (Lipinski definition) is 3. The van der Waals surface area contributed by atoms with Crippen molar-refractivity contribution in [2.75, 3.05) is 0 Å². The minimum Gasteiger partial charge on any atom is -0.438 e. The van der Waals surface area contributed by atoms with E-state index in [1.54, 1.807) is 0 Å². The Hall–Kier alpha value is -3.62. The van der Waals surface area contributed by atoms with Crippen molar-refractivity contribution in [2.24, 2.45) is 22.1 Å². The molecule has 1 aliphatic heterocycles. The molecule has 3 aromatic rings. The molecule has 0 aliphatic carbocycles. The third-order valence-corrected chi connectivity index (χ3v) is 6.99. The predicted molar refractivity (Wildman–Crippen MR) is 147 cm³/mol. The molecule has 1 atom stereocenters. The average molecular weight is 502 g/mol. The van der Waals surface area contributed by atoms with Crippen LogP contribution in [0.15, 0.2) is 77.4 Å². The van der Waals surface area contributed by atoms with E-state index in [9.17, 15) is 4.79 Å². The Morgan fingerprint density at radius 2 is 1.78 bits per heavy atom. The Labute approximate surface area is 216 Å². The van der Waals surface area contributed by atoms with E-state index >= 15 is 0 Å². The van der Waals surface area contributed by atoms with Gasteiger partial charge in [-0.25, -0.2) is 4.98 Å². The lowest BCUT2D eigenvalue weighted by Gasteiger charge is -2.37. The van der Waals surface area contributed by atoms with E-state index in [0.717, 1.165) is 39.7 Å². The zero-order chi connectivity index (χ0) is 26.1. The summed E-state index contributed by atoms with van der Waals surface area (Å²) < 4.78 is 6.24. The number of ether oxygens (including phenoxy) is 1. The smallest absolute Gasteiger partial charge is 0.231 e. The number of nitrogens with two attached hydrogens (primary N) is 2. The van der Waals surface area contributed by atoms with E-state index in [1.807, 2.05) is 88.4 Å². The average Bonchev–Trinajstić information content (AvgIpc) is 2.85. The van der Waals surface area contributed by atoms with Crippen LogP contribution in [0.3, 0.4) is 0 Å². The lowest BCUT2D eigenvalue weighted by molar-refractivity contribution is -0.129. The number of thioether (sulfide) groups is 1. The summed E-state index contributed by atoms with van der Waals surface area (Å²) >= 11 is 1.15. The van der Waals surface area contributed by atoms with E-state index in [0.29, 0.717) is 16.7 Å². The maximum atomic E-state index is 13.4. The molecule has 0 unspecified atom stereocenters. The van der Waals surface area contributed by atoms with Gasteiger partial charge in [-0.15, -0.1) is 0 Å². The number of aromatic nitrogens is 1. The first-order chi connectivity index (χ1) is 17.0. The van der Waals surface area contributed by atoms with Crippen molar-refractivity contribution in [2.45, 2.75) is 39.2 Å².